The van der Waals surface area contributed by atoms with Crippen LogP contribution in [0.2, 0.25) is 0 Å². The second kappa shape index (κ2) is 7.76. The number of nitrogens with one attached hydrogen (secondary N) is 2. The molecule has 0 aliphatic carbocycles. The van der Waals surface area contributed by atoms with Crippen molar-refractivity contribution in [1.82, 2.24) is 4.90 Å². The van der Waals surface area contributed by atoms with Crippen LogP contribution in [0, 0.1) is 18.6 Å². The van der Waals surface area contributed by atoms with E-state index in [9.17, 15) is 18.4 Å². The van der Waals surface area contributed by atoms with E-state index >= 15 is 0 Å². The molecule has 0 aromatic heterocycles. The van der Waals surface area contributed by atoms with Gasteiger partial charge in [0.2, 0.25) is 11.8 Å². The van der Waals surface area contributed by atoms with Crippen molar-refractivity contribution >= 4 is 28.9 Å². The lowest BCUT2D eigenvalue weighted by Gasteiger charge is -2.27. The minimum absolute atomic E-state index is 0.0725. The van der Waals surface area contributed by atoms with Gasteiger partial charge in [-0.15, -0.1) is 0 Å². The van der Waals surface area contributed by atoms with Crippen LogP contribution in [0.3, 0.4) is 0 Å². The molecule has 3 atom stereocenters. The van der Waals surface area contributed by atoms with Crippen molar-refractivity contribution in [2.75, 3.05) is 28.6 Å². The van der Waals surface area contributed by atoms with Gasteiger partial charge in [-0.1, -0.05) is 6.07 Å². The molecule has 2 aromatic rings. The van der Waals surface area contributed by atoms with Crippen LogP contribution >= 0.6 is 0 Å². The number of hydrogen-bond acceptors (Lipinski definition) is 4. The van der Waals surface area contributed by atoms with Gasteiger partial charge < -0.3 is 20.4 Å². The zero-order chi connectivity index (χ0) is 22.6. The van der Waals surface area contributed by atoms with Crippen molar-refractivity contribution in [3.05, 3.63) is 53.1 Å². The second-order valence-corrected chi connectivity index (χ2v) is 8.92. The highest BCUT2D eigenvalue weighted by Crippen LogP contribution is 2.37. The molecule has 0 saturated carbocycles. The summed E-state index contributed by atoms with van der Waals surface area (Å²) in [5.74, 6) is -1.03. The van der Waals surface area contributed by atoms with Gasteiger partial charge in [0.1, 0.15) is 17.7 Å². The first-order valence-corrected chi connectivity index (χ1v) is 11.0. The fourth-order valence-electron chi connectivity index (χ4n) is 5.47. The van der Waals surface area contributed by atoms with E-state index in [0.717, 1.165) is 24.9 Å². The van der Waals surface area contributed by atoms with E-state index in [0.29, 0.717) is 29.2 Å². The Morgan fingerprint density at radius 2 is 1.88 bits per heavy atom. The molecule has 168 valence electrons. The summed E-state index contributed by atoms with van der Waals surface area (Å²) in [6, 6.07) is 7.30. The molecule has 2 aromatic carbocycles. The summed E-state index contributed by atoms with van der Waals surface area (Å²) in [4.78, 5) is 28.8. The van der Waals surface area contributed by atoms with E-state index in [1.54, 1.807) is 19.1 Å². The van der Waals surface area contributed by atoms with Crippen LogP contribution < -0.4 is 15.5 Å². The van der Waals surface area contributed by atoms with Crippen LogP contribution in [0.15, 0.2) is 30.3 Å². The Bertz CT molecular complexity index is 1070. The van der Waals surface area contributed by atoms with Crippen molar-refractivity contribution < 1.29 is 18.4 Å². The maximum Gasteiger partial charge on any atom is 0.247 e. The van der Waals surface area contributed by atoms with Crippen LogP contribution in [0.25, 0.3) is 0 Å². The van der Waals surface area contributed by atoms with Crippen molar-refractivity contribution in [3.63, 3.8) is 0 Å². The average molecular weight is 440 g/mol. The van der Waals surface area contributed by atoms with Gasteiger partial charge in [0.25, 0.3) is 0 Å². The zero-order valence-corrected chi connectivity index (χ0v) is 18.1. The minimum Gasteiger partial charge on any atom is -0.373 e. The summed E-state index contributed by atoms with van der Waals surface area (Å²) < 4.78 is 28.6. The average Bonchev–Trinajstić information content (AvgIpc) is 3.44. The highest BCUT2D eigenvalue weighted by molar-refractivity contribution is 5.98. The predicted octanol–water partition coefficient (Wildman–Crippen LogP) is 3.45. The Morgan fingerprint density at radius 1 is 1.09 bits per heavy atom. The molecule has 0 radical (unpaired) electrons. The maximum absolute atomic E-state index is 14.5. The summed E-state index contributed by atoms with van der Waals surface area (Å²) in [6.45, 7) is 4.89. The first-order valence-electron chi connectivity index (χ1n) is 11.0. The number of rotatable bonds is 3. The van der Waals surface area contributed by atoms with Crippen LogP contribution in [0.5, 0.6) is 0 Å². The molecule has 1 unspecified atom stereocenters. The first-order chi connectivity index (χ1) is 15.3. The molecule has 0 bridgehead atoms. The normalized spacial score (nSPS) is 23.7. The molecule has 3 aliphatic heterocycles. The van der Waals surface area contributed by atoms with Gasteiger partial charge in [0.15, 0.2) is 0 Å². The fourth-order valence-corrected chi connectivity index (χ4v) is 5.47. The molecular formula is C24H26F2N4O2. The molecule has 8 heteroatoms. The van der Waals surface area contributed by atoms with Gasteiger partial charge in [-0.25, -0.2) is 8.78 Å². The van der Waals surface area contributed by atoms with Crippen molar-refractivity contribution in [3.8, 4) is 0 Å². The predicted molar refractivity (Wildman–Crippen MR) is 119 cm³/mol. The number of likely N-dealkylation sites (tertiary alicyclic amines) is 1. The number of carbonyl (C=O) groups is 2. The third-order valence-electron chi connectivity index (χ3n) is 6.97. The summed E-state index contributed by atoms with van der Waals surface area (Å²) in [7, 11) is 0. The number of halogens is 2. The van der Waals surface area contributed by atoms with E-state index in [-0.39, 0.29) is 36.1 Å². The summed E-state index contributed by atoms with van der Waals surface area (Å²) in [5, 5.41) is 5.89. The lowest BCUT2D eigenvalue weighted by Crippen LogP contribution is -2.38. The van der Waals surface area contributed by atoms with Crippen molar-refractivity contribution in [2.45, 2.75) is 51.2 Å². The SMILES string of the molecule is CC(=O)N1CC[C@H]2[C@H]1CCN2c1cc(F)cc(NC(=O)C2Cc3c(F)ccc(C)c3N2)c1. The largest absolute Gasteiger partial charge is 0.373 e. The fraction of sp³-hybridized carbons (Fsp3) is 0.417. The number of benzene rings is 2. The van der Waals surface area contributed by atoms with Gasteiger partial charge in [0.05, 0.1) is 12.1 Å². The number of aryl methyl sites for hydroxylation is 1. The van der Waals surface area contributed by atoms with Crippen LogP contribution in [-0.2, 0) is 16.0 Å². The number of amides is 2. The van der Waals surface area contributed by atoms with Gasteiger partial charge in [-0.05, 0) is 49.6 Å². The number of hydrogen-bond donors (Lipinski definition) is 2. The second-order valence-electron chi connectivity index (χ2n) is 8.92. The lowest BCUT2D eigenvalue weighted by molar-refractivity contribution is -0.129. The van der Waals surface area contributed by atoms with Gasteiger partial charge in [0, 0.05) is 49.1 Å². The molecule has 2 amide bonds. The van der Waals surface area contributed by atoms with Gasteiger partial charge in [-0.3, -0.25) is 9.59 Å². The number of fused-ring (bicyclic) bond motifs is 2. The van der Waals surface area contributed by atoms with Gasteiger partial charge >= 0.3 is 0 Å². The molecule has 5 rings (SSSR count). The van der Waals surface area contributed by atoms with Crippen LogP contribution in [0.1, 0.15) is 30.9 Å². The molecule has 0 spiro atoms. The Balaban J connectivity index is 1.32. The number of nitrogens with zero attached hydrogens (tertiary/aromatic N) is 2. The molecular weight excluding hydrogens is 414 g/mol. The zero-order valence-electron chi connectivity index (χ0n) is 18.1. The molecule has 3 aliphatic rings. The highest BCUT2D eigenvalue weighted by atomic mass is 19.1. The Labute approximate surface area is 185 Å². The van der Waals surface area contributed by atoms with Crippen LogP contribution in [0.4, 0.5) is 25.8 Å². The molecule has 2 fully saturated rings. The minimum atomic E-state index is -0.623. The maximum atomic E-state index is 14.5. The molecule has 32 heavy (non-hydrogen) atoms. The summed E-state index contributed by atoms with van der Waals surface area (Å²) >= 11 is 0. The van der Waals surface area contributed by atoms with Crippen molar-refractivity contribution in [2.24, 2.45) is 0 Å². The summed E-state index contributed by atoms with van der Waals surface area (Å²) in [5.41, 5.74) is 3.10. The van der Waals surface area contributed by atoms with Crippen LogP contribution in [-0.4, -0.2) is 47.9 Å². The lowest BCUT2D eigenvalue weighted by atomic mass is 10.1. The number of anilines is 3. The summed E-state index contributed by atoms with van der Waals surface area (Å²) in [6.07, 6.45) is 1.93. The smallest absolute Gasteiger partial charge is 0.247 e. The van der Waals surface area contributed by atoms with E-state index in [1.807, 2.05) is 11.8 Å². The Kier molecular flexibility index (Phi) is 5.03. The molecule has 6 nitrogen and oxygen atoms in total. The van der Waals surface area contributed by atoms with E-state index in [1.165, 1.54) is 18.2 Å². The number of carbonyl (C=O) groups excluding carboxylic acids is 2. The highest BCUT2D eigenvalue weighted by Gasteiger charge is 2.43. The quantitative estimate of drug-likeness (QED) is 0.768. The third-order valence-corrected chi connectivity index (χ3v) is 6.97. The topological polar surface area (TPSA) is 64.7 Å². The molecule has 2 saturated heterocycles. The molecule has 3 heterocycles. The van der Waals surface area contributed by atoms with Gasteiger partial charge in [-0.2, -0.15) is 0 Å². The Hall–Kier alpha value is -3.16. The van der Waals surface area contributed by atoms with E-state index < -0.39 is 11.9 Å². The standard InChI is InChI=1S/C24H26F2N4O2/c1-13-3-4-19(26)18-12-20(28-23(13)18)24(32)27-16-9-15(25)10-17(11-16)30-8-6-21-22(30)5-7-29(21)14(2)31/h3-4,9-11,20-22,28H,5-8,12H2,1-2H3,(H,27,32)/t20?,21-,22+/m1/s1. The van der Waals surface area contributed by atoms with Crippen molar-refractivity contribution in [1.29, 1.82) is 0 Å². The van der Waals surface area contributed by atoms with E-state index in [2.05, 4.69) is 15.5 Å². The monoisotopic (exact) mass is 440 g/mol. The molecule has 2 N–H and O–H groups in total. The van der Waals surface area contributed by atoms with E-state index in [4.69, 9.17) is 0 Å². The third kappa shape index (κ3) is 3.47. The Morgan fingerprint density at radius 3 is 2.62 bits per heavy atom. The first kappa shape index (κ1) is 20.7.